The number of aliphatic hydroxyl groups is 1. The fourth-order valence-electron chi connectivity index (χ4n) is 2.96. The highest BCUT2D eigenvalue weighted by atomic mass is 16.3. The first-order valence-corrected chi connectivity index (χ1v) is 8.75. The van der Waals surface area contributed by atoms with Gasteiger partial charge >= 0.3 is 0 Å². The van der Waals surface area contributed by atoms with Crippen LogP contribution in [0.15, 0.2) is 60.7 Å². The lowest BCUT2D eigenvalue weighted by Crippen LogP contribution is -2.35. The summed E-state index contributed by atoms with van der Waals surface area (Å²) < 4.78 is 0. The van der Waals surface area contributed by atoms with Gasteiger partial charge in [0.1, 0.15) is 0 Å². The van der Waals surface area contributed by atoms with Crippen LogP contribution in [0.1, 0.15) is 28.8 Å². The van der Waals surface area contributed by atoms with Crippen molar-refractivity contribution in [1.29, 1.82) is 0 Å². The van der Waals surface area contributed by atoms with Crippen molar-refractivity contribution in [3.05, 3.63) is 71.8 Å². The number of hydrogen-bond acceptors (Lipinski definition) is 3. The maximum Gasteiger partial charge on any atom is 0.251 e. The SMILES string of the molecule is O=C(NC/C=C/c1ccccc1)c1ccc(N2CCC(O)CC2)cc1. The van der Waals surface area contributed by atoms with Gasteiger partial charge in [-0.3, -0.25) is 4.79 Å². The molecule has 1 aliphatic heterocycles. The molecule has 0 unspecified atom stereocenters. The second kappa shape index (κ2) is 8.49. The van der Waals surface area contributed by atoms with Crippen molar-refractivity contribution in [2.45, 2.75) is 18.9 Å². The molecule has 0 bridgehead atoms. The van der Waals surface area contributed by atoms with Crippen LogP contribution >= 0.6 is 0 Å². The van der Waals surface area contributed by atoms with Crippen LogP contribution < -0.4 is 10.2 Å². The van der Waals surface area contributed by atoms with E-state index in [9.17, 15) is 9.90 Å². The van der Waals surface area contributed by atoms with Gasteiger partial charge in [0.15, 0.2) is 0 Å². The van der Waals surface area contributed by atoms with Gasteiger partial charge in [-0.2, -0.15) is 0 Å². The molecule has 1 heterocycles. The third-order valence-electron chi connectivity index (χ3n) is 4.45. The summed E-state index contributed by atoms with van der Waals surface area (Å²) in [5, 5.41) is 12.5. The van der Waals surface area contributed by atoms with E-state index < -0.39 is 0 Å². The van der Waals surface area contributed by atoms with E-state index in [-0.39, 0.29) is 12.0 Å². The molecule has 2 aromatic rings. The average Bonchev–Trinajstić information content (AvgIpc) is 2.67. The number of hydrogen-bond donors (Lipinski definition) is 2. The number of rotatable bonds is 5. The van der Waals surface area contributed by atoms with Gasteiger partial charge in [0.25, 0.3) is 5.91 Å². The predicted molar refractivity (Wildman–Crippen MR) is 102 cm³/mol. The van der Waals surface area contributed by atoms with Crippen LogP contribution in [0.5, 0.6) is 0 Å². The van der Waals surface area contributed by atoms with E-state index >= 15 is 0 Å². The fraction of sp³-hybridized carbons (Fsp3) is 0.286. The Hall–Kier alpha value is -2.59. The van der Waals surface area contributed by atoms with Crippen molar-refractivity contribution in [3.8, 4) is 0 Å². The number of carbonyl (C=O) groups is 1. The van der Waals surface area contributed by atoms with Crippen molar-refractivity contribution in [3.63, 3.8) is 0 Å². The largest absolute Gasteiger partial charge is 0.393 e. The summed E-state index contributed by atoms with van der Waals surface area (Å²) in [4.78, 5) is 14.4. The maximum absolute atomic E-state index is 12.2. The quantitative estimate of drug-likeness (QED) is 0.882. The van der Waals surface area contributed by atoms with Crippen molar-refractivity contribution >= 4 is 17.7 Å². The van der Waals surface area contributed by atoms with Gasteiger partial charge in [-0.1, -0.05) is 42.5 Å². The Morgan fingerprint density at radius 2 is 1.76 bits per heavy atom. The molecular weight excluding hydrogens is 312 g/mol. The second-order valence-corrected chi connectivity index (χ2v) is 6.29. The Morgan fingerprint density at radius 3 is 2.44 bits per heavy atom. The number of anilines is 1. The lowest BCUT2D eigenvalue weighted by molar-refractivity contribution is 0.0958. The summed E-state index contributed by atoms with van der Waals surface area (Å²) in [5.74, 6) is -0.0710. The molecule has 2 N–H and O–H groups in total. The minimum atomic E-state index is -0.176. The third kappa shape index (κ3) is 4.94. The smallest absolute Gasteiger partial charge is 0.251 e. The number of nitrogens with one attached hydrogen (secondary N) is 1. The lowest BCUT2D eigenvalue weighted by Gasteiger charge is -2.31. The zero-order chi connectivity index (χ0) is 17.5. The molecule has 0 radical (unpaired) electrons. The summed E-state index contributed by atoms with van der Waals surface area (Å²) >= 11 is 0. The lowest BCUT2D eigenvalue weighted by atomic mass is 10.1. The van der Waals surface area contributed by atoms with Gasteiger partial charge in [-0.05, 0) is 42.7 Å². The minimum absolute atomic E-state index is 0.0710. The number of aliphatic hydroxyl groups excluding tert-OH is 1. The normalized spacial score (nSPS) is 15.5. The van der Waals surface area contributed by atoms with Crippen LogP contribution in [0.2, 0.25) is 0 Å². The molecule has 1 fully saturated rings. The Morgan fingerprint density at radius 1 is 1.08 bits per heavy atom. The van der Waals surface area contributed by atoms with Crippen molar-refractivity contribution in [2.24, 2.45) is 0 Å². The van der Waals surface area contributed by atoms with Crippen molar-refractivity contribution < 1.29 is 9.90 Å². The van der Waals surface area contributed by atoms with Gasteiger partial charge in [0.2, 0.25) is 0 Å². The third-order valence-corrected chi connectivity index (χ3v) is 4.45. The van der Waals surface area contributed by atoms with Gasteiger partial charge in [-0.15, -0.1) is 0 Å². The number of benzene rings is 2. The van der Waals surface area contributed by atoms with Crippen molar-refractivity contribution in [1.82, 2.24) is 5.32 Å². The van der Waals surface area contributed by atoms with E-state index in [1.54, 1.807) is 0 Å². The van der Waals surface area contributed by atoms with Crippen LogP contribution in [0.4, 0.5) is 5.69 Å². The molecule has 4 nitrogen and oxygen atoms in total. The Labute approximate surface area is 148 Å². The molecule has 1 amide bonds. The van der Waals surface area contributed by atoms with Crippen LogP contribution in [0.25, 0.3) is 6.08 Å². The van der Waals surface area contributed by atoms with E-state index in [4.69, 9.17) is 0 Å². The highest BCUT2D eigenvalue weighted by Gasteiger charge is 2.17. The Bertz CT molecular complexity index is 702. The highest BCUT2D eigenvalue weighted by Crippen LogP contribution is 2.20. The molecule has 1 aliphatic rings. The summed E-state index contributed by atoms with van der Waals surface area (Å²) in [6.07, 6.45) is 5.37. The molecule has 0 atom stereocenters. The number of piperidine rings is 1. The molecule has 4 heteroatoms. The fourth-order valence-corrected chi connectivity index (χ4v) is 2.96. The molecule has 130 valence electrons. The Kier molecular flexibility index (Phi) is 5.86. The first-order chi connectivity index (χ1) is 12.2. The zero-order valence-corrected chi connectivity index (χ0v) is 14.3. The summed E-state index contributed by atoms with van der Waals surface area (Å²) in [7, 11) is 0. The monoisotopic (exact) mass is 336 g/mol. The highest BCUT2D eigenvalue weighted by molar-refractivity contribution is 5.94. The van der Waals surface area contributed by atoms with Crippen molar-refractivity contribution in [2.75, 3.05) is 24.5 Å². The van der Waals surface area contributed by atoms with E-state index in [2.05, 4.69) is 10.2 Å². The Balaban J connectivity index is 1.50. The van der Waals surface area contributed by atoms with E-state index in [0.29, 0.717) is 12.1 Å². The van der Waals surface area contributed by atoms with Gasteiger partial charge < -0.3 is 15.3 Å². The van der Waals surface area contributed by atoms with Gasteiger partial charge in [0, 0.05) is 30.9 Å². The summed E-state index contributed by atoms with van der Waals surface area (Å²) in [6, 6.07) is 17.7. The maximum atomic E-state index is 12.2. The first-order valence-electron chi connectivity index (χ1n) is 8.75. The molecule has 1 saturated heterocycles. The standard InChI is InChI=1S/C21H24N2O2/c24-20-12-15-23(16-13-20)19-10-8-18(9-11-19)21(25)22-14-4-7-17-5-2-1-3-6-17/h1-11,20,24H,12-16H2,(H,22,25)/b7-4+. The zero-order valence-electron chi connectivity index (χ0n) is 14.3. The molecule has 0 saturated carbocycles. The van der Waals surface area contributed by atoms with E-state index in [1.165, 1.54) is 0 Å². The molecule has 0 aliphatic carbocycles. The van der Waals surface area contributed by atoms with E-state index in [1.807, 2.05) is 66.7 Å². The van der Waals surface area contributed by atoms with Crippen LogP contribution in [-0.4, -0.2) is 36.8 Å². The minimum Gasteiger partial charge on any atom is -0.393 e. The summed E-state index contributed by atoms with van der Waals surface area (Å²) in [6.45, 7) is 2.22. The predicted octanol–water partition coefficient (Wildman–Crippen LogP) is 3.09. The number of nitrogens with zero attached hydrogens (tertiary/aromatic N) is 1. The second-order valence-electron chi connectivity index (χ2n) is 6.29. The van der Waals surface area contributed by atoms with Gasteiger partial charge in [0.05, 0.1) is 6.10 Å². The van der Waals surface area contributed by atoms with Crippen LogP contribution in [0, 0.1) is 0 Å². The van der Waals surface area contributed by atoms with Crippen LogP contribution in [-0.2, 0) is 0 Å². The molecule has 0 spiro atoms. The first kappa shape index (κ1) is 17.2. The van der Waals surface area contributed by atoms with E-state index in [0.717, 1.165) is 37.2 Å². The van der Waals surface area contributed by atoms with Crippen LogP contribution in [0.3, 0.4) is 0 Å². The summed E-state index contributed by atoms with van der Waals surface area (Å²) in [5.41, 5.74) is 2.88. The molecule has 25 heavy (non-hydrogen) atoms. The molecular formula is C21H24N2O2. The number of carbonyl (C=O) groups excluding carboxylic acids is 1. The average molecular weight is 336 g/mol. The topological polar surface area (TPSA) is 52.6 Å². The molecule has 2 aromatic carbocycles. The number of amides is 1. The molecule has 0 aromatic heterocycles. The molecule has 3 rings (SSSR count). The van der Waals surface area contributed by atoms with Gasteiger partial charge in [-0.25, -0.2) is 0 Å².